The molecule has 0 bridgehead atoms. The van der Waals surface area contributed by atoms with Crippen molar-refractivity contribution in [2.45, 2.75) is 12.8 Å². The molecular formula is C16H16BrN3O2S. The van der Waals surface area contributed by atoms with Gasteiger partial charge in [0.1, 0.15) is 0 Å². The van der Waals surface area contributed by atoms with Crippen LogP contribution in [-0.2, 0) is 9.59 Å². The molecule has 2 heterocycles. The molecular weight excluding hydrogens is 378 g/mol. The van der Waals surface area contributed by atoms with Crippen LogP contribution in [0, 0.1) is 5.92 Å². The number of halogens is 1. The Morgan fingerprint density at radius 1 is 1.30 bits per heavy atom. The van der Waals surface area contributed by atoms with Crippen LogP contribution < -0.4 is 5.73 Å². The molecule has 1 fully saturated rings. The number of hydrogen-bond donors (Lipinski definition) is 1. The van der Waals surface area contributed by atoms with Crippen LogP contribution in [0.15, 0.2) is 38.6 Å². The van der Waals surface area contributed by atoms with Crippen molar-refractivity contribution in [3.63, 3.8) is 0 Å². The topological polar surface area (TPSA) is 75.8 Å². The van der Waals surface area contributed by atoms with Gasteiger partial charge in [-0.25, -0.2) is 0 Å². The zero-order chi connectivity index (χ0) is 16.4. The van der Waals surface area contributed by atoms with Gasteiger partial charge >= 0.3 is 0 Å². The Kier molecular flexibility index (Phi) is 4.87. The third-order valence-electron chi connectivity index (χ3n) is 3.94. The number of amides is 2. The van der Waals surface area contributed by atoms with Crippen molar-refractivity contribution < 1.29 is 9.59 Å². The predicted octanol–water partition coefficient (Wildman–Crippen LogP) is 2.62. The number of benzene rings is 1. The number of nitrogens with two attached hydrogens (primary N) is 1. The highest BCUT2D eigenvalue weighted by atomic mass is 79.9. The number of aliphatic imine (C=N–C) groups is 1. The molecule has 3 rings (SSSR count). The molecule has 2 amide bonds. The highest BCUT2D eigenvalue weighted by Gasteiger charge is 2.30. The van der Waals surface area contributed by atoms with Gasteiger partial charge in [-0.2, -0.15) is 4.99 Å². The smallest absolute Gasteiger partial charge is 0.286 e. The van der Waals surface area contributed by atoms with Crippen LogP contribution in [0.1, 0.15) is 18.4 Å². The average Bonchev–Trinajstić information content (AvgIpc) is 2.91. The fraction of sp³-hybridized carbons (Fsp3) is 0.312. The van der Waals surface area contributed by atoms with Crippen molar-refractivity contribution >= 4 is 50.7 Å². The van der Waals surface area contributed by atoms with Gasteiger partial charge in [-0.15, -0.1) is 0 Å². The zero-order valence-corrected chi connectivity index (χ0v) is 14.8. The van der Waals surface area contributed by atoms with E-state index in [4.69, 9.17) is 5.73 Å². The summed E-state index contributed by atoms with van der Waals surface area (Å²) >= 11 is 4.79. The van der Waals surface area contributed by atoms with Crippen molar-refractivity contribution in [2.75, 3.05) is 13.1 Å². The first-order chi connectivity index (χ1) is 11.0. The molecule has 7 heteroatoms. The molecule has 1 saturated heterocycles. The van der Waals surface area contributed by atoms with Gasteiger partial charge in [0, 0.05) is 23.5 Å². The second kappa shape index (κ2) is 6.88. The van der Waals surface area contributed by atoms with Gasteiger partial charge in [-0.1, -0.05) is 28.1 Å². The van der Waals surface area contributed by atoms with Gasteiger partial charge in [-0.05, 0) is 48.4 Å². The van der Waals surface area contributed by atoms with Crippen LogP contribution in [-0.4, -0.2) is 35.0 Å². The Balaban J connectivity index is 1.66. The Bertz CT molecular complexity index is 692. The van der Waals surface area contributed by atoms with Crippen molar-refractivity contribution in [1.82, 2.24) is 4.90 Å². The van der Waals surface area contributed by atoms with Gasteiger partial charge in [0.2, 0.25) is 5.91 Å². The minimum Gasteiger partial charge on any atom is -0.369 e. The summed E-state index contributed by atoms with van der Waals surface area (Å²) in [6.07, 6.45) is 3.29. The quantitative estimate of drug-likeness (QED) is 0.783. The van der Waals surface area contributed by atoms with Crippen LogP contribution in [0.2, 0.25) is 0 Å². The SMILES string of the molecule is NC(=O)C1CCN(C2=NC(=O)/C(=C/c3ccc(Br)cc3)S2)CC1. The van der Waals surface area contributed by atoms with Crippen LogP contribution >= 0.6 is 27.7 Å². The molecule has 120 valence electrons. The highest BCUT2D eigenvalue weighted by molar-refractivity contribution is 9.10. The van der Waals surface area contributed by atoms with E-state index in [0.29, 0.717) is 18.0 Å². The zero-order valence-electron chi connectivity index (χ0n) is 12.4. The van der Waals surface area contributed by atoms with Crippen molar-refractivity contribution in [3.8, 4) is 0 Å². The maximum absolute atomic E-state index is 12.1. The van der Waals surface area contributed by atoms with Gasteiger partial charge in [0.05, 0.1) is 4.91 Å². The summed E-state index contributed by atoms with van der Waals surface area (Å²) in [5.74, 6) is -0.505. The van der Waals surface area contributed by atoms with Crippen LogP contribution in [0.25, 0.3) is 6.08 Å². The number of carbonyl (C=O) groups excluding carboxylic acids is 2. The van der Waals surface area contributed by atoms with E-state index in [9.17, 15) is 9.59 Å². The number of amidine groups is 1. The number of nitrogens with zero attached hydrogens (tertiary/aromatic N) is 2. The summed E-state index contributed by atoms with van der Waals surface area (Å²) in [4.78, 5) is 30.1. The van der Waals surface area contributed by atoms with Crippen LogP contribution in [0.4, 0.5) is 0 Å². The molecule has 0 aromatic heterocycles. The lowest BCUT2D eigenvalue weighted by Crippen LogP contribution is -2.40. The average molecular weight is 394 g/mol. The largest absolute Gasteiger partial charge is 0.369 e. The number of piperidine rings is 1. The minimum atomic E-state index is -0.238. The molecule has 1 aromatic rings. The summed E-state index contributed by atoms with van der Waals surface area (Å²) in [5, 5.41) is 0.723. The van der Waals surface area contributed by atoms with Crippen molar-refractivity contribution in [2.24, 2.45) is 16.6 Å². The maximum atomic E-state index is 12.1. The van der Waals surface area contributed by atoms with E-state index < -0.39 is 0 Å². The molecule has 23 heavy (non-hydrogen) atoms. The van der Waals surface area contributed by atoms with Gasteiger partial charge in [-0.3, -0.25) is 9.59 Å². The summed E-state index contributed by atoms with van der Waals surface area (Å²) in [5.41, 5.74) is 6.31. The normalized spacial score (nSPS) is 20.9. The molecule has 5 nitrogen and oxygen atoms in total. The van der Waals surface area contributed by atoms with E-state index in [0.717, 1.165) is 28.0 Å². The second-order valence-electron chi connectivity index (χ2n) is 5.53. The molecule has 0 spiro atoms. The number of hydrogen-bond acceptors (Lipinski definition) is 4. The van der Waals surface area contributed by atoms with E-state index in [2.05, 4.69) is 25.8 Å². The van der Waals surface area contributed by atoms with E-state index >= 15 is 0 Å². The summed E-state index contributed by atoms with van der Waals surface area (Å²) in [6, 6.07) is 7.77. The summed E-state index contributed by atoms with van der Waals surface area (Å²) < 4.78 is 0.999. The molecule has 0 radical (unpaired) electrons. The highest BCUT2D eigenvalue weighted by Crippen LogP contribution is 2.32. The summed E-state index contributed by atoms with van der Waals surface area (Å²) in [7, 11) is 0. The third kappa shape index (κ3) is 3.84. The fourth-order valence-corrected chi connectivity index (χ4v) is 3.83. The number of likely N-dealkylation sites (tertiary alicyclic amines) is 1. The Hall–Kier alpha value is -1.60. The molecule has 2 N–H and O–H groups in total. The maximum Gasteiger partial charge on any atom is 0.286 e. The fourth-order valence-electron chi connectivity index (χ4n) is 2.60. The first-order valence-corrected chi connectivity index (χ1v) is 8.96. The van der Waals surface area contributed by atoms with E-state index in [1.54, 1.807) is 0 Å². The molecule has 0 atom stereocenters. The molecule has 1 aromatic carbocycles. The Morgan fingerprint density at radius 3 is 2.57 bits per heavy atom. The number of carbonyl (C=O) groups is 2. The second-order valence-corrected chi connectivity index (χ2v) is 7.45. The molecule has 0 aliphatic carbocycles. The standard InChI is InChI=1S/C16H16BrN3O2S/c17-12-3-1-10(2-4-12)9-13-15(22)19-16(23-13)20-7-5-11(6-8-20)14(18)21/h1-4,9,11H,5-8H2,(H2,18,21)/b13-9-. The number of thioether (sulfide) groups is 1. The van der Waals surface area contributed by atoms with E-state index in [-0.39, 0.29) is 17.7 Å². The van der Waals surface area contributed by atoms with Gasteiger partial charge in [0.25, 0.3) is 5.91 Å². The van der Waals surface area contributed by atoms with Gasteiger partial charge < -0.3 is 10.6 Å². The van der Waals surface area contributed by atoms with Crippen molar-refractivity contribution in [1.29, 1.82) is 0 Å². The lowest BCUT2D eigenvalue weighted by Gasteiger charge is -2.31. The lowest BCUT2D eigenvalue weighted by molar-refractivity contribution is -0.123. The van der Waals surface area contributed by atoms with E-state index in [1.165, 1.54) is 11.8 Å². The predicted molar refractivity (Wildman–Crippen MR) is 95.6 cm³/mol. The monoisotopic (exact) mass is 393 g/mol. The van der Waals surface area contributed by atoms with Crippen LogP contribution in [0.3, 0.4) is 0 Å². The number of primary amides is 1. The van der Waals surface area contributed by atoms with Gasteiger partial charge in [0.15, 0.2) is 5.17 Å². The first-order valence-electron chi connectivity index (χ1n) is 7.35. The third-order valence-corrected chi connectivity index (χ3v) is 5.52. The molecule has 2 aliphatic heterocycles. The lowest BCUT2D eigenvalue weighted by atomic mass is 9.97. The van der Waals surface area contributed by atoms with Crippen LogP contribution in [0.5, 0.6) is 0 Å². The minimum absolute atomic E-state index is 0.0632. The van der Waals surface area contributed by atoms with Crippen molar-refractivity contribution in [3.05, 3.63) is 39.2 Å². The molecule has 0 unspecified atom stereocenters. The van der Waals surface area contributed by atoms with E-state index in [1.807, 2.05) is 30.3 Å². The molecule has 2 aliphatic rings. The first kappa shape index (κ1) is 16.3. The number of rotatable bonds is 2. The summed E-state index contributed by atoms with van der Waals surface area (Å²) in [6.45, 7) is 1.41. The Labute approximate surface area is 147 Å². The Morgan fingerprint density at radius 2 is 1.96 bits per heavy atom. The molecule has 0 saturated carbocycles.